The van der Waals surface area contributed by atoms with Gasteiger partial charge in [-0.1, -0.05) is 12.5 Å². The molecule has 2 N–H and O–H groups in total. The van der Waals surface area contributed by atoms with Crippen molar-refractivity contribution in [2.24, 2.45) is 4.99 Å². The van der Waals surface area contributed by atoms with Crippen LogP contribution < -0.4 is 15.4 Å². The molecule has 1 aliphatic rings. The Bertz CT molecular complexity index is 559. The number of guanidine groups is 1. The molecule has 5 heteroatoms. The number of aliphatic imine (C=N–C) groups is 1. The molecule has 0 bridgehead atoms. The van der Waals surface area contributed by atoms with Gasteiger partial charge in [0.2, 0.25) is 0 Å². The summed E-state index contributed by atoms with van der Waals surface area (Å²) >= 11 is 0. The van der Waals surface area contributed by atoms with Crippen LogP contribution in [-0.4, -0.2) is 50.7 Å². The van der Waals surface area contributed by atoms with Gasteiger partial charge in [0.25, 0.3) is 0 Å². The molecule has 2 rings (SSSR count). The molecule has 1 atom stereocenters. The first kappa shape index (κ1) is 19.6. The van der Waals surface area contributed by atoms with Crippen LogP contribution in [0.5, 0.6) is 5.75 Å². The summed E-state index contributed by atoms with van der Waals surface area (Å²) in [5.41, 5.74) is 2.40. The molecule has 1 aromatic carbocycles. The van der Waals surface area contributed by atoms with Crippen LogP contribution in [0.1, 0.15) is 43.7 Å². The highest BCUT2D eigenvalue weighted by atomic mass is 16.5. The third kappa shape index (κ3) is 6.58. The highest BCUT2D eigenvalue weighted by Gasteiger charge is 2.17. The first-order valence-electron chi connectivity index (χ1n) is 9.45. The fraction of sp³-hybridized carbons (Fsp3) is 0.650. The van der Waals surface area contributed by atoms with Crippen LogP contribution in [0.25, 0.3) is 0 Å². The number of hydrogen-bond acceptors (Lipinski definition) is 3. The fourth-order valence-corrected chi connectivity index (χ4v) is 3.43. The van der Waals surface area contributed by atoms with Gasteiger partial charge in [-0.2, -0.15) is 0 Å². The fourth-order valence-electron chi connectivity index (χ4n) is 3.43. The van der Waals surface area contributed by atoms with Gasteiger partial charge in [-0.25, -0.2) is 0 Å². The predicted molar refractivity (Wildman–Crippen MR) is 105 cm³/mol. The van der Waals surface area contributed by atoms with E-state index in [1.54, 1.807) is 7.11 Å². The van der Waals surface area contributed by atoms with Crippen LogP contribution in [0.3, 0.4) is 0 Å². The van der Waals surface area contributed by atoms with Crippen LogP contribution >= 0.6 is 0 Å². The predicted octanol–water partition coefficient (Wildman–Crippen LogP) is 2.93. The number of nitrogens with one attached hydrogen (secondary N) is 2. The topological polar surface area (TPSA) is 48.9 Å². The lowest BCUT2D eigenvalue weighted by molar-refractivity contribution is 0.159. The Kier molecular flexibility index (Phi) is 8.06. The van der Waals surface area contributed by atoms with E-state index in [9.17, 15) is 0 Å². The minimum atomic E-state index is 0.737. The van der Waals surface area contributed by atoms with Gasteiger partial charge in [0.05, 0.1) is 7.11 Å². The van der Waals surface area contributed by atoms with Crippen molar-refractivity contribution in [1.29, 1.82) is 0 Å². The summed E-state index contributed by atoms with van der Waals surface area (Å²) in [5, 5.41) is 6.80. The Hall–Kier alpha value is -1.75. The summed E-state index contributed by atoms with van der Waals surface area (Å²) in [7, 11) is 3.52. The molecule has 0 aliphatic carbocycles. The number of hydrogen-bond donors (Lipinski definition) is 2. The average molecular weight is 347 g/mol. The number of rotatable bonds is 7. The first-order valence-corrected chi connectivity index (χ1v) is 9.45. The van der Waals surface area contributed by atoms with Crippen molar-refractivity contribution in [2.75, 3.05) is 33.8 Å². The van der Waals surface area contributed by atoms with Crippen LogP contribution in [0.15, 0.2) is 23.2 Å². The molecule has 1 aliphatic heterocycles. The zero-order valence-electron chi connectivity index (χ0n) is 16.3. The molecule has 0 aromatic heterocycles. The van der Waals surface area contributed by atoms with E-state index in [2.05, 4.69) is 46.5 Å². The molecule has 1 fully saturated rings. The van der Waals surface area contributed by atoms with Gasteiger partial charge in [-0.15, -0.1) is 0 Å². The summed E-state index contributed by atoms with van der Waals surface area (Å²) in [6.07, 6.45) is 5.22. The lowest BCUT2D eigenvalue weighted by atomic mass is 10.0. The molecule has 25 heavy (non-hydrogen) atoms. The largest absolute Gasteiger partial charge is 0.497 e. The van der Waals surface area contributed by atoms with Gasteiger partial charge < -0.3 is 20.3 Å². The molecule has 1 aromatic rings. The first-order chi connectivity index (χ1) is 12.1. The van der Waals surface area contributed by atoms with Crippen molar-refractivity contribution in [3.8, 4) is 5.75 Å². The molecule has 0 spiro atoms. The molecular weight excluding hydrogens is 312 g/mol. The van der Waals surface area contributed by atoms with Gasteiger partial charge in [0.15, 0.2) is 5.96 Å². The van der Waals surface area contributed by atoms with Gasteiger partial charge >= 0.3 is 0 Å². The third-order valence-corrected chi connectivity index (χ3v) is 4.89. The van der Waals surface area contributed by atoms with Gasteiger partial charge in [-0.05, 0) is 62.9 Å². The standard InChI is InChI=1S/C20H34N4O/c1-16-12-18(14-19(13-16)25-4)15-23-20(21-3)22-9-7-11-24-10-6-5-8-17(24)2/h12-14,17H,5-11,15H2,1-4H3,(H2,21,22,23). The van der Waals surface area contributed by atoms with E-state index < -0.39 is 0 Å². The van der Waals surface area contributed by atoms with Crippen molar-refractivity contribution < 1.29 is 4.74 Å². The van der Waals surface area contributed by atoms with E-state index in [0.717, 1.165) is 37.3 Å². The number of aryl methyl sites for hydroxylation is 1. The molecular formula is C20H34N4O. The van der Waals surface area contributed by atoms with E-state index in [1.165, 1.54) is 43.5 Å². The van der Waals surface area contributed by atoms with Crippen molar-refractivity contribution in [3.63, 3.8) is 0 Å². The highest BCUT2D eigenvalue weighted by molar-refractivity contribution is 5.79. The second-order valence-corrected chi connectivity index (χ2v) is 6.95. The Labute approximate surface area is 152 Å². The van der Waals surface area contributed by atoms with Crippen LogP contribution in [0.2, 0.25) is 0 Å². The van der Waals surface area contributed by atoms with Gasteiger partial charge in [0, 0.05) is 32.7 Å². The smallest absolute Gasteiger partial charge is 0.191 e. The zero-order chi connectivity index (χ0) is 18.1. The number of likely N-dealkylation sites (tertiary alicyclic amines) is 1. The van der Waals surface area contributed by atoms with Crippen molar-refractivity contribution >= 4 is 5.96 Å². The van der Waals surface area contributed by atoms with Crippen molar-refractivity contribution in [3.05, 3.63) is 29.3 Å². The van der Waals surface area contributed by atoms with Crippen LogP contribution in [0, 0.1) is 6.92 Å². The third-order valence-electron chi connectivity index (χ3n) is 4.89. The Morgan fingerprint density at radius 3 is 2.84 bits per heavy atom. The zero-order valence-corrected chi connectivity index (χ0v) is 16.3. The number of ether oxygens (including phenoxy) is 1. The van der Waals surface area contributed by atoms with Gasteiger partial charge in [0.1, 0.15) is 5.75 Å². The second-order valence-electron chi connectivity index (χ2n) is 6.95. The maximum absolute atomic E-state index is 5.34. The average Bonchev–Trinajstić information content (AvgIpc) is 2.62. The van der Waals surface area contributed by atoms with Crippen molar-refractivity contribution in [1.82, 2.24) is 15.5 Å². The number of methoxy groups -OCH3 is 1. The number of nitrogens with zero attached hydrogens (tertiary/aromatic N) is 2. The molecule has 5 nitrogen and oxygen atoms in total. The summed E-state index contributed by atoms with van der Waals surface area (Å²) in [5.74, 6) is 1.75. The molecule has 0 saturated carbocycles. The minimum Gasteiger partial charge on any atom is -0.497 e. The molecule has 0 amide bonds. The monoisotopic (exact) mass is 346 g/mol. The van der Waals surface area contributed by atoms with E-state index in [-0.39, 0.29) is 0 Å². The van der Waals surface area contributed by atoms with Crippen LogP contribution in [-0.2, 0) is 6.54 Å². The summed E-state index contributed by atoms with van der Waals surface area (Å²) in [6, 6.07) is 7.01. The molecule has 1 heterocycles. The number of piperidine rings is 1. The van der Waals surface area contributed by atoms with E-state index >= 15 is 0 Å². The van der Waals surface area contributed by atoms with E-state index in [1.807, 2.05) is 13.1 Å². The second kappa shape index (κ2) is 10.3. The lowest BCUT2D eigenvalue weighted by Gasteiger charge is -2.33. The molecule has 1 saturated heterocycles. The summed E-state index contributed by atoms with van der Waals surface area (Å²) in [6.45, 7) is 8.54. The lowest BCUT2D eigenvalue weighted by Crippen LogP contribution is -2.41. The SMILES string of the molecule is CN=C(NCCCN1CCCCC1C)NCc1cc(C)cc(OC)c1. The van der Waals surface area contributed by atoms with Gasteiger partial charge in [-0.3, -0.25) is 4.99 Å². The normalized spacial score (nSPS) is 18.9. The summed E-state index contributed by atoms with van der Waals surface area (Å²) < 4.78 is 5.34. The molecule has 1 unspecified atom stereocenters. The van der Waals surface area contributed by atoms with E-state index in [0.29, 0.717) is 0 Å². The van der Waals surface area contributed by atoms with Crippen molar-refractivity contribution in [2.45, 2.75) is 52.1 Å². The maximum atomic E-state index is 5.34. The Morgan fingerprint density at radius 1 is 1.28 bits per heavy atom. The Morgan fingerprint density at radius 2 is 2.12 bits per heavy atom. The number of benzene rings is 1. The Balaban J connectivity index is 1.71. The highest BCUT2D eigenvalue weighted by Crippen LogP contribution is 2.17. The molecule has 0 radical (unpaired) electrons. The summed E-state index contributed by atoms with van der Waals surface area (Å²) in [4.78, 5) is 6.93. The molecule has 140 valence electrons. The quantitative estimate of drug-likeness (QED) is 0.453. The minimum absolute atomic E-state index is 0.737. The van der Waals surface area contributed by atoms with Crippen LogP contribution in [0.4, 0.5) is 0 Å². The van der Waals surface area contributed by atoms with E-state index in [4.69, 9.17) is 4.74 Å². The maximum Gasteiger partial charge on any atom is 0.191 e.